The Morgan fingerprint density at radius 3 is 2.95 bits per heavy atom. The third-order valence-electron chi connectivity index (χ3n) is 3.03. The molecule has 1 saturated heterocycles. The largest absolute Gasteiger partial charge is 0.329 e. The Labute approximate surface area is 117 Å². The topological polar surface area (TPSA) is 62.3 Å². The van der Waals surface area contributed by atoms with Crippen LogP contribution in [-0.2, 0) is 4.79 Å². The molecule has 0 bridgehead atoms. The molecule has 1 aromatic carbocycles. The number of nitrogens with one attached hydrogen (secondary N) is 1. The fraction of sp³-hybridized carbons (Fsp3) is 0.154. The zero-order chi connectivity index (χ0) is 13.4. The number of nitrogens with zero attached hydrogens (tertiary/aromatic N) is 2. The zero-order valence-electron chi connectivity index (χ0n) is 9.89. The monoisotopic (exact) mass is 319 g/mol. The van der Waals surface area contributed by atoms with Crippen LogP contribution in [0, 0.1) is 0 Å². The van der Waals surface area contributed by atoms with Gasteiger partial charge in [-0.3, -0.25) is 15.0 Å². The number of hydrogen-bond acceptors (Lipinski definition) is 3. The van der Waals surface area contributed by atoms with E-state index in [1.165, 1.54) is 4.90 Å². The van der Waals surface area contributed by atoms with Crippen molar-refractivity contribution in [1.82, 2.24) is 10.3 Å². The van der Waals surface area contributed by atoms with Gasteiger partial charge in [-0.25, -0.2) is 9.78 Å². The summed E-state index contributed by atoms with van der Waals surface area (Å²) in [6.07, 6.45) is 2.02. The summed E-state index contributed by atoms with van der Waals surface area (Å²) in [6.45, 7) is 0.358. The minimum atomic E-state index is -0.418. The van der Waals surface area contributed by atoms with Gasteiger partial charge in [-0.05, 0) is 17.5 Å². The molecule has 1 fully saturated rings. The molecule has 19 heavy (non-hydrogen) atoms. The lowest BCUT2D eigenvalue weighted by Crippen LogP contribution is -2.49. The summed E-state index contributed by atoms with van der Waals surface area (Å²) in [5.41, 5.74) is 0. The third-order valence-corrected chi connectivity index (χ3v) is 3.72. The number of carbonyl (C=O) groups excluding carboxylic acids is 2. The van der Waals surface area contributed by atoms with Crippen molar-refractivity contribution in [3.63, 3.8) is 0 Å². The molecular formula is C13H10BrN3O2. The molecule has 1 aliphatic rings. The van der Waals surface area contributed by atoms with Crippen LogP contribution in [0.3, 0.4) is 0 Å². The van der Waals surface area contributed by atoms with Crippen LogP contribution in [0.25, 0.3) is 10.8 Å². The van der Waals surface area contributed by atoms with E-state index in [0.717, 1.165) is 15.2 Å². The van der Waals surface area contributed by atoms with E-state index >= 15 is 0 Å². The van der Waals surface area contributed by atoms with Crippen molar-refractivity contribution in [2.24, 2.45) is 0 Å². The lowest BCUT2D eigenvalue weighted by molar-refractivity contribution is -0.120. The number of urea groups is 1. The summed E-state index contributed by atoms with van der Waals surface area (Å²) >= 11 is 3.46. The zero-order valence-corrected chi connectivity index (χ0v) is 11.5. The standard InChI is InChI=1S/C13H10BrN3O2/c14-10-3-1-2-8-6-11(15-7-9(8)10)17-5-4-12(18)16-13(17)19/h1-3,6-7H,4-5H2,(H,16,18,19). The number of halogens is 1. The smallest absolute Gasteiger partial charge is 0.278 e. The lowest BCUT2D eigenvalue weighted by Gasteiger charge is -2.25. The molecule has 0 aliphatic carbocycles. The lowest BCUT2D eigenvalue weighted by atomic mass is 10.2. The highest BCUT2D eigenvalue weighted by atomic mass is 79.9. The third kappa shape index (κ3) is 2.19. The minimum absolute atomic E-state index is 0.246. The summed E-state index contributed by atoms with van der Waals surface area (Å²) in [6, 6.07) is 7.25. The number of anilines is 1. The second-order valence-corrected chi connectivity index (χ2v) is 5.11. The van der Waals surface area contributed by atoms with Crippen LogP contribution in [0.4, 0.5) is 10.6 Å². The van der Waals surface area contributed by atoms with Crippen molar-refractivity contribution in [2.45, 2.75) is 6.42 Å². The van der Waals surface area contributed by atoms with Gasteiger partial charge in [-0.2, -0.15) is 0 Å². The Balaban J connectivity index is 2.02. The second kappa shape index (κ2) is 4.62. The maximum Gasteiger partial charge on any atom is 0.329 e. The molecule has 0 unspecified atom stereocenters. The quantitative estimate of drug-likeness (QED) is 0.878. The molecule has 0 saturated carbocycles. The molecule has 3 rings (SSSR count). The van der Waals surface area contributed by atoms with Crippen LogP contribution >= 0.6 is 15.9 Å². The van der Waals surface area contributed by atoms with Crippen LogP contribution in [0.5, 0.6) is 0 Å². The minimum Gasteiger partial charge on any atom is -0.278 e. The van der Waals surface area contributed by atoms with Crippen molar-refractivity contribution >= 4 is 44.5 Å². The van der Waals surface area contributed by atoms with Gasteiger partial charge in [0.15, 0.2) is 0 Å². The van der Waals surface area contributed by atoms with Gasteiger partial charge in [0.2, 0.25) is 5.91 Å². The van der Waals surface area contributed by atoms with Gasteiger partial charge in [0.1, 0.15) is 5.82 Å². The van der Waals surface area contributed by atoms with E-state index in [9.17, 15) is 9.59 Å². The molecule has 0 atom stereocenters. The Morgan fingerprint density at radius 2 is 2.16 bits per heavy atom. The van der Waals surface area contributed by atoms with E-state index in [1.807, 2.05) is 24.3 Å². The number of rotatable bonds is 1. The average Bonchev–Trinajstić information content (AvgIpc) is 2.38. The molecule has 1 aliphatic heterocycles. The van der Waals surface area contributed by atoms with Gasteiger partial charge in [-0.15, -0.1) is 0 Å². The van der Waals surface area contributed by atoms with Gasteiger partial charge < -0.3 is 0 Å². The number of imide groups is 1. The molecular weight excluding hydrogens is 310 g/mol. The van der Waals surface area contributed by atoms with Crippen molar-refractivity contribution in [1.29, 1.82) is 0 Å². The number of carbonyl (C=O) groups is 2. The van der Waals surface area contributed by atoms with Crippen LogP contribution in [0.2, 0.25) is 0 Å². The second-order valence-electron chi connectivity index (χ2n) is 4.26. The first-order valence-corrected chi connectivity index (χ1v) is 6.60. The number of pyridine rings is 1. The first-order chi connectivity index (χ1) is 9.15. The first kappa shape index (κ1) is 12.1. The summed E-state index contributed by atoms with van der Waals surface area (Å²) in [5.74, 6) is 0.306. The fourth-order valence-corrected chi connectivity index (χ4v) is 2.54. The van der Waals surface area contributed by atoms with Gasteiger partial charge in [0, 0.05) is 29.0 Å². The molecule has 5 nitrogen and oxygen atoms in total. The van der Waals surface area contributed by atoms with Crippen molar-refractivity contribution in [3.8, 4) is 0 Å². The Hall–Kier alpha value is -1.95. The highest BCUT2D eigenvalue weighted by molar-refractivity contribution is 9.10. The molecule has 2 aromatic rings. The molecule has 96 valence electrons. The van der Waals surface area contributed by atoms with Gasteiger partial charge in [0.05, 0.1) is 0 Å². The van der Waals surface area contributed by atoms with E-state index in [2.05, 4.69) is 26.2 Å². The Morgan fingerprint density at radius 1 is 1.32 bits per heavy atom. The normalized spacial score (nSPS) is 15.7. The van der Waals surface area contributed by atoms with Crippen LogP contribution in [-0.4, -0.2) is 23.5 Å². The SMILES string of the molecule is O=C1CCN(c2cc3cccc(Br)c3cn2)C(=O)N1. The fourth-order valence-electron chi connectivity index (χ4n) is 2.05. The van der Waals surface area contributed by atoms with E-state index in [1.54, 1.807) is 6.20 Å². The average molecular weight is 320 g/mol. The summed E-state index contributed by atoms with van der Waals surface area (Å²) in [4.78, 5) is 28.6. The highest BCUT2D eigenvalue weighted by Gasteiger charge is 2.25. The van der Waals surface area contributed by atoms with Crippen molar-refractivity contribution < 1.29 is 9.59 Å². The Bertz CT molecular complexity index is 687. The van der Waals surface area contributed by atoms with Crippen LogP contribution in [0.15, 0.2) is 34.9 Å². The number of aromatic nitrogens is 1. The number of hydrogen-bond donors (Lipinski definition) is 1. The van der Waals surface area contributed by atoms with Gasteiger partial charge >= 0.3 is 6.03 Å². The van der Waals surface area contributed by atoms with E-state index in [0.29, 0.717) is 18.8 Å². The number of amides is 3. The van der Waals surface area contributed by atoms with Crippen LogP contribution < -0.4 is 10.2 Å². The van der Waals surface area contributed by atoms with Gasteiger partial charge in [-0.1, -0.05) is 28.1 Å². The molecule has 2 heterocycles. The van der Waals surface area contributed by atoms with Crippen molar-refractivity contribution in [3.05, 3.63) is 34.9 Å². The highest BCUT2D eigenvalue weighted by Crippen LogP contribution is 2.26. The molecule has 0 spiro atoms. The van der Waals surface area contributed by atoms with Crippen LogP contribution in [0.1, 0.15) is 6.42 Å². The summed E-state index contributed by atoms with van der Waals surface area (Å²) in [7, 11) is 0. The summed E-state index contributed by atoms with van der Waals surface area (Å²) in [5, 5.41) is 4.26. The van der Waals surface area contributed by atoms with Gasteiger partial charge in [0.25, 0.3) is 0 Å². The maximum atomic E-state index is 11.8. The predicted molar refractivity (Wildman–Crippen MR) is 74.9 cm³/mol. The molecule has 1 N–H and O–H groups in total. The van der Waals surface area contributed by atoms with E-state index in [-0.39, 0.29) is 5.91 Å². The van der Waals surface area contributed by atoms with Crippen molar-refractivity contribution in [2.75, 3.05) is 11.4 Å². The van der Waals surface area contributed by atoms with E-state index < -0.39 is 6.03 Å². The first-order valence-electron chi connectivity index (χ1n) is 5.81. The molecule has 0 radical (unpaired) electrons. The Kier molecular flexibility index (Phi) is 2.94. The molecule has 3 amide bonds. The summed E-state index contributed by atoms with van der Waals surface area (Å²) < 4.78 is 0.960. The van der Waals surface area contributed by atoms with E-state index in [4.69, 9.17) is 0 Å². The number of fused-ring (bicyclic) bond motifs is 1. The maximum absolute atomic E-state index is 11.8. The molecule has 1 aromatic heterocycles. The molecule has 6 heteroatoms. The number of benzene rings is 1. The predicted octanol–water partition coefficient (Wildman–Crippen LogP) is 2.44.